The highest BCUT2D eigenvalue weighted by Crippen LogP contribution is 2.61. The largest absolute Gasteiger partial charge is 0.490 e. The summed E-state index contributed by atoms with van der Waals surface area (Å²) in [4.78, 5) is 49.4. The van der Waals surface area contributed by atoms with E-state index in [0.29, 0.717) is 53.9 Å². The molecule has 314 valence electrons. The van der Waals surface area contributed by atoms with E-state index in [0.717, 1.165) is 99.0 Å². The van der Waals surface area contributed by atoms with E-state index in [1.54, 1.807) is 36.7 Å². The number of unbranched alkanes of at least 4 members (excludes halogenated alkanes) is 3. The number of nitrogens with one attached hydrogen (secondary N) is 2. The lowest BCUT2D eigenvalue weighted by atomic mass is 9.49. The van der Waals surface area contributed by atoms with Crippen LogP contribution in [0.1, 0.15) is 94.6 Å². The molecule has 5 fully saturated rings. The normalized spacial score (nSPS) is 22.3. The Morgan fingerprint density at radius 1 is 0.817 bits per heavy atom. The van der Waals surface area contributed by atoms with Crippen LogP contribution in [0.15, 0.2) is 77.9 Å². The van der Waals surface area contributed by atoms with Gasteiger partial charge in [0.25, 0.3) is 5.56 Å². The van der Waals surface area contributed by atoms with Crippen molar-refractivity contribution < 1.29 is 14.3 Å². The molecule has 0 atom stereocenters. The molecule has 12 heteroatoms. The Balaban J connectivity index is 0.685. The van der Waals surface area contributed by atoms with Gasteiger partial charge in [-0.3, -0.25) is 19.3 Å². The maximum Gasteiger partial charge on any atom is 0.267 e. The third kappa shape index (κ3) is 10.8. The van der Waals surface area contributed by atoms with Gasteiger partial charge in [0.15, 0.2) is 11.6 Å². The third-order valence-corrected chi connectivity index (χ3v) is 13.3. The molecule has 12 nitrogen and oxygen atoms in total. The minimum atomic E-state index is -0.220. The molecule has 4 aliphatic carbocycles. The lowest BCUT2D eigenvalue weighted by Crippen LogP contribution is -2.48. The number of carbonyl (C=O) groups excluding carboxylic acids is 2. The summed E-state index contributed by atoms with van der Waals surface area (Å²) in [6, 6.07) is 20.2. The van der Waals surface area contributed by atoms with Crippen molar-refractivity contribution in [1.82, 2.24) is 35.3 Å². The molecule has 4 saturated carbocycles. The Morgan fingerprint density at radius 2 is 1.48 bits per heavy atom. The van der Waals surface area contributed by atoms with Crippen molar-refractivity contribution in [3.63, 3.8) is 0 Å². The predicted molar refractivity (Wildman–Crippen MR) is 230 cm³/mol. The van der Waals surface area contributed by atoms with Crippen LogP contribution in [0.4, 0.5) is 0 Å². The Labute approximate surface area is 353 Å². The summed E-state index contributed by atoms with van der Waals surface area (Å²) in [5.74, 6) is 4.57. The molecule has 2 amide bonds. The average Bonchev–Trinajstić information content (AvgIpc) is 3.25. The molecule has 1 aliphatic heterocycles. The number of piperidine rings is 1. The smallest absolute Gasteiger partial charge is 0.267 e. The number of hydrogen-bond acceptors (Lipinski definition) is 9. The molecule has 2 N–H and O–H groups in total. The van der Waals surface area contributed by atoms with Crippen LogP contribution in [0.25, 0.3) is 22.6 Å². The fourth-order valence-electron chi connectivity index (χ4n) is 10.7. The van der Waals surface area contributed by atoms with Gasteiger partial charge in [0, 0.05) is 36.7 Å². The molecular weight excluding hydrogens is 753 g/mol. The van der Waals surface area contributed by atoms with Gasteiger partial charge in [-0.15, -0.1) is 0 Å². The Morgan fingerprint density at radius 3 is 2.18 bits per heavy atom. The highest BCUT2D eigenvalue weighted by molar-refractivity contribution is 5.78. The molecule has 2 aromatic heterocycles. The van der Waals surface area contributed by atoms with Crippen LogP contribution in [-0.4, -0.2) is 75.8 Å². The summed E-state index contributed by atoms with van der Waals surface area (Å²) in [6.07, 6.45) is 18.2. The molecule has 2 aromatic carbocycles. The number of aromatic nitrogens is 4. The quantitative estimate of drug-likeness (QED) is 0.104. The van der Waals surface area contributed by atoms with E-state index in [4.69, 9.17) is 4.74 Å². The summed E-state index contributed by atoms with van der Waals surface area (Å²) >= 11 is 0. The van der Waals surface area contributed by atoms with Gasteiger partial charge in [0.05, 0.1) is 49.4 Å². The molecule has 4 bridgehead atoms. The third-order valence-electron chi connectivity index (χ3n) is 13.3. The summed E-state index contributed by atoms with van der Waals surface area (Å²) in [5.41, 5.74) is 3.70. The minimum absolute atomic E-state index is 0.0863. The van der Waals surface area contributed by atoms with Crippen LogP contribution in [0.3, 0.4) is 0 Å². The van der Waals surface area contributed by atoms with E-state index >= 15 is 0 Å². The first-order valence-electron chi connectivity index (χ1n) is 22.2. The first-order chi connectivity index (χ1) is 29.3. The van der Waals surface area contributed by atoms with Crippen LogP contribution >= 0.6 is 0 Å². The maximum atomic E-state index is 12.8. The van der Waals surface area contributed by atoms with Crippen molar-refractivity contribution >= 4 is 11.8 Å². The van der Waals surface area contributed by atoms with Gasteiger partial charge in [0.1, 0.15) is 0 Å². The molecule has 0 spiro atoms. The van der Waals surface area contributed by atoms with Gasteiger partial charge in [-0.2, -0.15) is 10.4 Å². The number of benzene rings is 2. The van der Waals surface area contributed by atoms with Crippen molar-refractivity contribution in [3.05, 3.63) is 94.5 Å². The summed E-state index contributed by atoms with van der Waals surface area (Å²) < 4.78 is 7.50. The lowest BCUT2D eigenvalue weighted by Gasteiger charge is -2.56. The number of amides is 2. The van der Waals surface area contributed by atoms with Gasteiger partial charge < -0.3 is 15.4 Å². The Hall–Kier alpha value is -5.41. The number of rotatable bonds is 18. The first-order valence-corrected chi connectivity index (χ1v) is 22.2. The zero-order valence-corrected chi connectivity index (χ0v) is 34.7. The molecule has 5 aliphatic rings. The Kier molecular flexibility index (Phi) is 13.3. The van der Waals surface area contributed by atoms with E-state index in [1.165, 1.54) is 49.3 Å². The Bertz CT molecular complexity index is 2170. The molecule has 0 radical (unpaired) electrons. The van der Waals surface area contributed by atoms with E-state index in [1.807, 2.05) is 30.3 Å². The number of ether oxygens (including phenoxy) is 1. The molecule has 1 saturated heterocycles. The van der Waals surface area contributed by atoms with Crippen LogP contribution in [-0.2, 0) is 16.1 Å². The zero-order valence-electron chi connectivity index (χ0n) is 34.7. The monoisotopic (exact) mass is 810 g/mol. The second-order valence-corrected chi connectivity index (χ2v) is 18.1. The fraction of sp³-hybridized carbons (Fsp3) is 0.521. The molecule has 0 unspecified atom stereocenters. The molecule has 60 heavy (non-hydrogen) atoms. The lowest BCUT2D eigenvalue weighted by molar-refractivity contribution is -0.129. The van der Waals surface area contributed by atoms with Crippen LogP contribution in [0, 0.1) is 40.4 Å². The van der Waals surface area contributed by atoms with Gasteiger partial charge in [-0.25, -0.2) is 14.6 Å². The topological polar surface area (TPSA) is 155 Å². The molecule has 9 rings (SSSR count). The summed E-state index contributed by atoms with van der Waals surface area (Å²) in [7, 11) is 0. The molecule has 3 heterocycles. The van der Waals surface area contributed by atoms with Gasteiger partial charge in [-0.05, 0) is 136 Å². The van der Waals surface area contributed by atoms with Crippen LogP contribution in [0.2, 0.25) is 0 Å². The first kappa shape index (κ1) is 41.3. The van der Waals surface area contributed by atoms with E-state index < -0.39 is 0 Å². The van der Waals surface area contributed by atoms with Gasteiger partial charge in [-0.1, -0.05) is 43.2 Å². The number of nitrogens with zero attached hydrogens (tertiary/aromatic N) is 6. The van der Waals surface area contributed by atoms with Crippen molar-refractivity contribution in [2.45, 2.75) is 90.0 Å². The van der Waals surface area contributed by atoms with Crippen molar-refractivity contribution in [3.8, 4) is 34.5 Å². The number of hydrogen-bond donors (Lipinski definition) is 2. The second kappa shape index (κ2) is 19.3. The average molecular weight is 811 g/mol. The van der Waals surface area contributed by atoms with E-state index in [-0.39, 0.29) is 23.9 Å². The van der Waals surface area contributed by atoms with Gasteiger partial charge in [0.2, 0.25) is 11.8 Å². The number of likely N-dealkylation sites (tertiary alicyclic amines) is 1. The summed E-state index contributed by atoms with van der Waals surface area (Å²) in [5, 5.41) is 20.1. The summed E-state index contributed by atoms with van der Waals surface area (Å²) in [6.45, 7) is 4.46. The van der Waals surface area contributed by atoms with Crippen molar-refractivity contribution in [2.24, 2.45) is 29.1 Å². The van der Waals surface area contributed by atoms with E-state index in [2.05, 4.69) is 36.7 Å². The number of nitriles is 1. The number of carbonyl (C=O) groups is 2. The standard InChI is InChI=1S/C48H58N8O4/c49-28-35-7-5-9-40(22-35)43-11-12-46(59)56(54-43)31-36-8-6-10-41(23-36)47-52-29-42(30-53-47)60-33-34-13-17-55(18-14-34)32-45(58)51-16-4-2-1-3-15-50-44(57)27-48-24-37-19-38(25-48)21-39(20-37)26-48/h5-12,22-23,29-30,34,37-39H,1-4,13-21,24-27,31-33H2,(H,50,57)(H,51,58). The SMILES string of the molecule is N#Cc1cccc(-c2ccc(=O)n(Cc3cccc(-c4ncc(OCC5CCN(CC(=O)NCCCCCCNC(=O)CC67CC8CC(CC(C8)C6)C7)CC5)cn4)c3)n2)c1. The highest BCUT2D eigenvalue weighted by Gasteiger charge is 2.51. The maximum absolute atomic E-state index is 12.8. The second-order valence-electron chi connectivity index (χ2n) is 18.1. The fourth-order valence-corrected chi connectivity index (χ4v) is 10.7. The minimum Gasteiger partial charge on any atom is -0.490 e. The highest BCUT2D eigenvalue weighted by atomic mass is 16.5. The van der Waals surface area contributed by atoms with Crippen LogP contribution < -0.4 is 20.9 Å². The zero-order chi connectivity index (χ0) is 41.3. The molecule has 4 aromatic rings. The predicted octanol–water partition coefficient (Wildman–Crippen LogP) is 6.78. The van der Waals surface area contributed by atoms with Gasteiger partial charge >= 0.3 is 0 Å². The van der Waals surface area contributed by atoms with Crippen LogP contribution in [0.5, 0.6) is 5.75 Å². The van der Waals surface area contributed by atoms with E-state index in [9.17, 15) is 19.6 Å². The van der Waals surface area contributed by atoms with Crippen molar-refractivity contribution in [2.75, 3.05) is 39.3 Å². The molecular formula is C48H58N8O4. The van der Waals surface area contributed by atoms with Crippen molar-refractivity contribution in [1.29, 1.82) is 5.26 Å².